The molecule has 2 rings (SSSR count). The summed E-state index contributed by atoms with van der Waals surface area (Å²) >= 11 is 0. The fourth-order valence-electron chi connectivity index (χ4n) is 1.75. The van der Waals surface area contributed by atoms with Gasteiger partial charge in [0.1, 0.15) is 0 Å². The molecule has 84 valence electrons. The van der Waals surface area contributed by atoms with Gasteiger partial charge in [0.2, 0.25) is 0 Å². The zero-order chi connectivity index (χ0) is 11.8. The minimum absolute atomic E-state index is 0.150. The molecule has 1 unspecified atom stereocenters. The molecule has 0 spiro atoms. The predicted molar refractivity (Wildman–Crippen MR) is 66.2 cm³/mol. The molecule has 0 saturated carbocycles. The van der Waals surface area contributed by atoms with E-state index in [0.29, 0.717) is 0 Å². The van der Waals surface area contributed by atoms with Crippen molar-refractivity contribution >= 4 is 10.9 Å². The maximum absolute atomic E-state index is 10.2. The quantitative estimate of drug-likeness (QED) is 0.791. The normalized spacial score (nSPS) is 14.0. The fourth-order valence-corrected chi connectivity index (χ4v) is 1.75. The molecule has 0 aliphatic carbocycles. The molecule has 1 N–H and O–H groups in total. The molecule has 1 atom stereocenters. The van der Waals surface area contributed by atoms with Crippen molar-refractivity contribution in [3.63, 3.8) is 0 Å². The number of hydrogen-bond acceptors (Lipinski definition) is 2. The van der Waals surface area contributed by atoms with Crippen LogP contribution in [0.1, 0.15) is 32.4 Å². The van der Waals surface area contributed by atoms with Crippen LogP contribution in [-0.4, -0.2) is 10.1 Å². The molecule has 0 saturated heterocycles. The third-order valence-electron chi connectivity index (χ3n) is 2.77. The summed E-state index contributed by atoms with van der Waals surface area (Å²) < 4.78 is 0. The van der Waals surface area contributed by atoms with Crippen molar-refractivity contribution in [3.05, 3.63) is 42.1 Å². The van der Waals surface area contributed by atoms with Gasteiger partial charge in [-0.2, -0.15) is 0 Å². The average Bonchev–Trinajstić information content (AvgIpc) is 2.26. The number of hydrogen-bond donors (Lipinski definition) is 1. The summed E-state index contributed by atoms with van der Waals surface area (Å²) in [6.45, 7) is 6.08. The highest BCUT2D eigenvalue weighted by molar-refractivity contribution is 5.78. The molecular formula is C14H17NO. The number of fused-ring (bicyclic) bond motifs is 1. The first-order chi connectivity index (χ1) is 7.48. The summed E-state index contributed by atoms with van der Waals surface area (Å²) in [5.74, 6) is 0. The van der Waals surface area contributed by atoms with Gasteiger partial charge < -0.3 is 5.11 Å². The molecule has 1 aromatic heterocycles. The van der Waals surface area contributed by atoms with Crippen LogP contribution in [-0.2, 0) is 0 Å². The van der Waals surface area contributed by atoms with E-state index >= 15 is 0 Å². The number of aliphatic hydroxyl groups excluding tert-OH is 1. The van der Waals surface area contributed by atoms with E-state index in [2.05, 4.69) is 4.98 Å². The van der Waals surface area contributed by atoms with Crippen LogP contribution in [0.4, 0.5) is 0 Å². The molecule has 0 aliphatic rings. The van der Waals surface area contributed by atoms with Crippen molar-refractivity contribution in [2.45, 2.75) is 26.9 Å². The Morgan fingerprint density at radius 2 is 1.94 bits per heavy atom. The molecule has 2 heteroatoms. The highest BCUT2D eigenvalue weighted by atomic mass is 16.3. The van der Waals surface area contributed by atoms with Crippen molar-refractivity contribution in [2.75, 3.05) is 0 Å². The van der Waals surface area contributed by atoms with Gasteiger partial charge in [0.05, 0.1) is 11.6 Å². The van der Waals surface area contributed by atoms with Gasteiger partial charge in [0, 0.05) is 11.6 Å². The van der Waals surface area contributed by atoms with Crippen LogP contribution in [0.25, 0.3) is 10.9 Å². The Labute approximate surface area is 96.0 Å². The first-order valence-corrected chi connectivity index (χ1v) is 5.51. The van der Waals surface area contributed by atoms with Crippen molar-refractivity contribution in [1.82, 2.24) is 4.98 Å². The summed E-state index contributed by atoms with van der Waals surface area (Å²) in [6.07, 6.45) is 1.31. The largest absolute Gasteiger partial charge is 0.388 e. The highest BCUT2D eigenvalue weighted by Gasteiger charge is 2.23. The van der Waals surface area contributed by atoms with E-state index in [0.717, 1.165) is 16.5 Å². The third kappa shape index (κ3) is 2.07. The van der Waals surface area contributed by atoms with E-state index in [4.69, 9.17) is 0 Å². The maximum atomic E-state index is 10.2. The monoisotopic (exact) mass is 215 g/mol. The van der Waals surface area contributed by atoms with Gasteiger partial charge in [-0.25, -0.2) is 0 Å². The Kier molecular flexibility index (Phi) is 2.68. The summed E-state index contributed by atoms with van der Waals surface area (Å²) in [5, 5.41) is 11.3. The highest BCUT2D eigenvalue weighted by Crippen LogP contribution is 2.33. The lowest BCUT2D eigenvalue weighted by Gasteiger charge is -2.26. The van der Waals surface area contributed by atoms with Gasteiger partial charge in [0.25, 0.3) is 0 Å². The topological polar surface area (TPSA) is 33.1 Å². The van der Waals surface area contributed by atoms with Crippen LogP contribution >= 0.6 is 0 Å². The van der Waals surface area contributed by atoms with Gasteiger partial charge >= 0.3 is 0 Å². The van der Waals surface area contributed by atoms with E-state index in [1.807, 2.05) is 51.1 Å². The van der Waals surface area contributed by atoms with Gasteiger partial charge in [-0.05, 0) is 23.1 Å². The van der Waals surface area contributed by atoms with Crippen molar-refractivity contribution in [2.24, 2.45) is 5.41 Å². The number of benzene rings is 1. The summed E-state index contributed by atoms with van der Waals surface area (Å²) in [7, 11) is 0. The lowest BCUT2D eigenvalue weighted by molar-refractivity contribution is 0.0628. The van der Waals surface area contributed by atoms with Gasteiger partial charge in [-0.15, -0.1) is 0 Å². The molecule has 1 aromatic carbocycles. The van der Waals surface area contributed by atoms with Crippen LogP contribution in [0, 0.1) is 5.41 Å². The molecule has 0 fully saturated rings. The number of pyridine rings is 1. The van der Waals surface area contributed by atoms with E-state index < -0.39 is 6.10 Å². The second-order valence-corrected chi connectivity index (χ2v) is 5.22. The second kappa shape index (κ2) is 3.87. The molecule has 16 heavy (non-hydrogen) atoms. The minimum atomic E-state index is -0.459. The van der Waals surface area contributed by atoms with Crippen molar-refractivity contribution in [3.8, 4) is 0 Å². The number of rotatable bonds is 1. The second-order valence-electron chi connectivity index (χ2n) is 5.22. The fraction of sp³-hybridized carbons (Fsp3) is 0.357. The summed E-state index contributed by atoms with van der Waals surface area (Å²) in [5.41, 5.74) is 1.71. The van der Waals surface area contributed by atoms with Crippen LogP contribution in [0.3, 0.4) is 0 Å². The van der Waals surface area contributed by atoms with Gasteiger partial charge in [-0.3, -0.25) is 4.98 Å². The van der Waals surface area contributed by atoms with Crippen LogP contribution < -0.4 is 0 Å². The predicted octanol–water partition coefficient (Wildman–Crippen LogP) is 3.31. The molecule has 2 nitrogen and oxygen atoms in total. The molecular weight excluding hydrogens is 198 g/mol. The van der Waals surface area contributed by atoms with E-state index in [1.165, 1.54) is 0 Å². The first-order valence-electron chi connectivity index (χ1n) is 5.51. The van der Waals surface area contributed by atoms with Gasteiger partial charge in [0.15, 0.2) is 0 Å². The number of aliphatic hydroxyl groups is 1. The zero-order valence-electron chi connectivity index (χ0n) is 9.94. The van der Waals surface area contributed by atoms with Crippen LogP contribution in [0.5, 0.6) is 0 Å². The van der Waals surface area contributed by atoms with Crippen molar-refractivity contribution in [1.29, 1.82) is 0 Å². The SMILES string of the molecule is CC(C)(C)C(O)c1ccc2cccnc2c1. The van der Waals surface area contributed by atoms with Gasteiger partial charge in [-0.1, -0.05) is 39.0 Å². The lowest BCUT2D eigenvalue weighted by atomic mass is 9.84. The molecule has 0 amide bonds. The summed E-state index contributed by atoms with van der Waals surface area (Å²) in [6, 6.07) is 9.88. The molecule has 0 aliphatic heterocycles. The Balaban J connectivity index is 2.47. The van der Waals surface area contributed by atoms with Crippen molar-refractivity contribution < 1.29 is 5.11 Å². The first kappa shape index (κ1) is 11.1. The molecule has 2 aromatic rings. The van der Waals surface area contributed by atoms with E-state index in [9.17, 15) is 5.11 Å². The van der Waals surface area contributed by atoms with Crippen LogP contribution in [0.2, 0.25) is 0 Å². The average molecular weight is 215 g/mol. The maximum Gasteiger partial charge on any atom is 0.0839 e. The summed E-state index contributed by atoms with van der Waals surface area (Å²) in [4.78, 5) is 4.30. The minimum Gasteiger partial charge on any atom is -0.388 e. The smallest absolute Gasteiger partial charge is 0.0839 e. The Morgan fingerprint density at radius 3 is 2.62 bits per heavy atom. The lowest BCUT2D eigenvalue weighted by Crippen LogP contribution is -2.17. The standard InChI is InChI=1S/C14H17NO/c1-14(2,3)13(16)11-7-6-10-5-4-8-15-12(10)9-11/h4-9,13,16H,1-3H3. The molecule has 0 radical (unpaired) electrons. The Morgan fingerprint density at radius 1 is 1.19 bits per heavy atom. The number of nitrogens with zero attached hydrogens (tertiary/aromatic N) is 1. The zero-order valence-corrected chi connectivity index (χ0v) is 9.94. The Hall–Kier alpha value is -1.41. The Bertz CT molecular complexity index is 499. The number of aromatic nitrogens is 1. The third-order valence-corrected chi connectivity index (χ3v) is 2.77. The van der Waals surface area contributed by atoms with E-state index in [1.54, 1.807) is 6.20 Å². The molecule has 0 bridgehead atoms. The van der Waals surface area contributed by atoms with E-state index in [-0.39, 0.29) is 5.41 Å². The van der Waals surface area contributed by atoms with Crippen LogP contribution in [0.15, 0.2) is 36.5 Å². The molecule has 1 heterocycles.